The Kier molecular flexibility index (Phi) is 3.69. The van der Waals surface area contributed by atoms with Crippen LogP contribution >= 0.6 is 0 Å². The first-order valence-corrected chi connectivity index (χ1v) is 5.04. The van der Waals surface area contributed by atoms with E-state index in [4.69, 9.17) is 4.74 Å². The van der Waals surface area contributed by atoms with Crippen LogP contribution in [0.3, 0.4) is 0 Å². The Bertz CT molecular complexity index is 226. The average Bonchev–Trinajstić information content (AvgIpc) is 2.08. The predicted molar refractivity (Wildman–Crippen MR) is 56.0 cm³/mol. The van der Waals surface area contributed by atoms with E-state index in [0.29, 0.717) is 13.0 Å². The minimum Gasteiger partial charge on any atom is -0.378 e. The molecule has 0 radical (unpaired) electrons. The number of carbonyl (C=O) groups excluding carboxylic acids is 1. The third-order valence-corrected chi connectivity index (χ3v) is 2.77. The Labute approximate surface area is 85.5 Å². The minimum absolute atomic E-state index is 0.0644. The van der Waals surface area contributed by atoms with Crippen molar-refractivity contribution in [3.8, 4) is 0 Å². The molecule has 0 aliphatic heterocycles. The molecule has 1 aliphatic carbocycles. The van der Waals surface area contributed by atoms with Crippen LogP contribution in [0.2, 0.25) is 0 Å². The van der Waals surface area contributed by atoms with E-state index in [0.717, 1.165) is 18.4 Å². The SMILES string of the molecule is C=C(C)CNC(=O)CC1(OC)CCC1. The molecular weight excluding hydrogens is 178 g/mol. The molecule has 0 aromatic heterocycles. The van der Waals surface area contributed by atoms with Gasteiger partial charge in [0.15, 0.2) is 0 Å². The lowest BCUT2D eigenvalue weighted by Gasteiger charge is -2.39. The molecule has 14 heavy (non-hydrogen) atoms. The van der Waals surface area contributed by atoms with Gasteiger partial charge in [-0.1, -0.05) is 12.2 Å². The van der Waals surface area contributed by atoms with Crippen molar-refractivity contribution in [2.24, 2.45) is 0 Å². The molecule has 0 aromatic rings. The largest absolute Gasteiger partial charge is 0.378 e. The lowest BCUT2D eigenvalue weighted by Crippen LogP contribution is -2.44. The maximum Gasteiger partial charge on any atom is 0.223 e. The topological polar surface area (TPSA) is 38.3 Å². The van der Waals surface area contributed by atoms with Gasteiger partial charge in [0.1, 0.15) is 0 Å². The van der Waals surface area contributed by atoms with Gasteiger partial charge in [-0.05, 0) is 26.2 Å². The maximum atomic E-state index is 11.5. The van der Waals surface area contributed by atoms with Gasteiger partial charge < -0.3 is 10.1 Å². The van der Waals surface area contributed by atoms with Gasteiger partial charge in [-0.3, -0.25) is 4.79 Å². The fraction of sp³-hybridized carbons (Fsp3) is 0.727. The molecule has 0 atom stereocenters. The Morgan fingerprint density at radius 3 is 2.57 bits per heavy atom. The highest BCUT2D eigenvalue weighted by Gasteiger charge is 2.38. The normalized spacial score (nSPS) is 18.4. The number of carbonyl (C=O) groups is 1. The first-order chi connectivity index (χ1) is 6.58. The number of hydrogen-bond acceptors (Lipinski definition) is 2. The highest BCUT2D eigenvalue weighted by molar-refractivity contribution is 5.77. The summed E-state index contributed by atoms with van der Waals surface area (Å²) in [4.78, 5) is 11.5. The van der Waals surface area contributed by atoms with Crippen molar-refractivity contribution in [2.75, 3.05) is 13.7 Å². The Morgan fingerprint density at radius 1 is 1.57 bits per heavy atom. The van der Waals surface area contributed by atoms with E-state index in [9.17, 15) is 4.79 Å². The minimum atomic E-state index is -0.168. The summed E-state index contributed by atoms with van der Waals surface area (Å²) in [7, 11) is 1.69. The molecule has 0 heterocycles. The predicted octanol–water partition coefficient (Wildman–Crippen LogP) is 1.64. The second-order valence-electron chi connectivity index (χ2n) is 4.15. The molecule has 0 saturated heterocycles. The van der Waals surface area contributed by atoms with E-state index >= 15 is 0 Å². The van der Waals surface area contributed by atoms with Crippen LogP contribution in [0.5, 0.6) is 0 Å². The first kappa shape index (κ1) is 11.2. The van der Waals surface area contributed by atoms with Crippen molar-refractivity contribution in [3.05, 3.63) is 12.2 Å². The zero-order valence-electron chi connectivity index (χ0n) is 9.06. The molecule has 1 N–H and O–H groups in total. The number of methoxy groups -OCH3 is 1. The highest BCUT2D eigenvalue weighted by atomic mass is 16.5. The van der Waals surface area contributed by atoms with E-state index in [1.165, 1.54) is 6.42 Å². The number of ether oxygens (including phenoxy) is 1. The molecule has 0 spiro atoms. The second-order valence-corrected chi connectivity index (χ2v) is 4.15. The monoisotopic (exact) mass is 197 g/mol. The third-order valence-electron chi connectivity index (χ3n) is 2.77. The first-order valence-electron chi connectivity index (χ1n) is 5.04. The molecule has 3 nitrogen and oxygen atoms in total. The van der Waals surface area contributed by atoms with Gasteiger partial charge in [0.25, 0.3) is 0 Å². The summed E-state index contributed by atoms with van der Waals surface area (Å²) in [6.45, 7) is 6.20. The Balaban J connectivity index is 2.28. The molecule has 1 saturated carbocycles. The van der Waals surface area contributed by atoms with Crippen molar-refractivity contribution in [3.63, 3.8) is 0 Å². The molecule has 3 heteroatoms. The summed E-state index contributed by atoms with van der Waals surface area (Å²) in [6.07, 6.45) is 3.66. The molecule has 1 fully saturated rings. The highest BCUT2D eigenvalue weighted by Crippen LogP contribution is 2.37. The summed E-state index contributed by atoms with van der Waals surface area (Å²) in [5.41, 5.74) is 0.803. The fourth-order valence-electron chi connectivity index (χ4n) is 1.63. The van der Waals surface area contributed by atoms with Crippen molar-refractivity contribution in [1.82, 2.24) is 5.32 Å². The van der Waals surface area contributed by atoms with Crippen LogP contribution < -0.4 is 5.32 Å². The van der Waals surface area contributed by atoms with Crippen LogP contribution in [0.25, 0.3) is 0 Å². The molecule has 0 bridgehead atoms. The summed E-state index contributed by atoms with van der Waals surface area (Å²) < 4.78 is 5.37. The summed E-state index contributed by atoms with van der Waals surface area (Å²) in [5, 5.41) is 2.82. The number of amides is 1. The molecule has 0 unspecified atom stereocenters. The summed E-state index contributed by atoms with van der Waals surface area (Å²) >= 11 is 0. The number of nitrogens with one attached hydrogen (secondary N) is 1. The lowest BCUT2D eigenvalue weighted by molar-refractivity contribution is -0.134. The van der Waals surface area contributed by atoms with E-state index in [1.54, 1.807) is 7.11 Å². The van der Waals surface area contributed by atoms with Crippen LogP contribution in [0.1, 0.15) is 32.6 Å². The van der Waals surface area contributed by atoms with Crippen molar-refractivity contribution < 1.29 is 9.53 Å². The van der Waals surface area contributed by atoms with Crippen molar-refractivity contribution in [1.29, 1.82) is 0 Å². The van der Waals surface area contributed by atoms with E-state index < -0.39 is 0 Å². The molecule has 1 amide bonds. The molecule has 0 aromatic carbocycles. The van der Waals surface area contributed by atoms with Crippen LogP contribution in [0, 0.1) is 0 Å². The van der Waals surface area contributed by atoms with Gasteiger partial charge in [-0.15, -0.1) is 0 Å². The van der Waals surface area contributed by atoms with Crippen LogP contribution in [0.4, 0.5) is 0 Å². The standard InChI is InChI=1S/C11H19NO2/c1-9(2)8-12-10(13)7-11(14-3)5-4-6-11/h1,4-8H2,2-3H3,(H,12,13). The average molecular weight is 197 g/mol. The summed E-state index contributed by atoms with van der Waals surface area (Å²) in [6, 6.07) is 0. The van der Waals surface area contributed by atoms with E-state index in [-0.39, 0.29) is 11.5 Å². The molecule has 80 valence electrons. The Hall–Kier alpha value is -0.830. The van der Waals surface area contributed by atoms with Crippen molar-refractivity contribution in [2.45, 2.75) is 38.2 Å². The van der Waals surface area contributed by atoms with Gasteiger partial charge in [0.2, 0.25) is 5.91 Å². The van der Waals surface area contributed by atoms with Crippen LogP contribution in [-0.2, 0) is 9.53 Å². The fourth-order valence-corrected chi connectivity index (χ4v) is 1.63. The van der Waals surface area contributed by atoms with Gasteiger partial charge in [-0.25, -0.2) is 0 Å². The van der Waals surface area contributed by atoms with E-state index in [1.807, 2.05) is 6.92 Å². The summed E-state index contributed by atoms with van der Waals surface area (Å²) in [5.74, 6) is 0.0644. The van der Waals surface area contributed by atoms with Gasteiger partial charge >= 0.3 is 0 Å². The lowest BCUT2D eigenvalue weighted by atomic mass is 9.77. The molecule has 1 rings (SSSR count). The van der Waals surface area contributed by atoms with Crippen LogP contribution in [0.15, 0.2) is 12.2 Å². The smallest absolute Gasteiger partial charge is 0.223 e. The third kappa shape index (κ3) is 2.84. The molecule has 1 aliphatic rings. The number of hydrogen-bond donors (Lipinski definition) is 1. The van der Waals surface area contributed by atoms with Crippen LogP contribution in [-0.4, -0.2) is 25.2 Å². The zero-order valence-corrected chi connectivity index (χ0v) is 9.06. The molecular formula is C11H19NO2. The Morgan fingerprint density at radius 2 is 2.21 bits per heavy atom. The number of rotatable bonds is 5. The van der Waals surface area contributed by atoms with Gasteiger partial charge in [-0.2, -0.15) is 0 Å². The maximum absolute atomic E-state index is 11.5. The van der Waals surface area contributed by atoms with Gasteiger partial charge in [0, 0.05) is 13.7 Å². The van der Waals surface area contributed by atoms with Crippen molar-refractivity contribution >= 4 is 5.91 Å². The zero-order chi connectivity index (χ0) is 10.6. The quantitative estimate of drug-likeness (QED) is 0.680. The van der Waals surface area contributed by atoms with E-state index in [2.05, 4.69) is 11.9 Å². The second kappa shape index (κ2) is 4.60. The van der Waals surface area contributed by atoms with Gasteiger partial charge in [0.05, 0.1) is 12.0 Å².